The van der Waals surface area contributed by atoms with Crippen molar-refractivity contribution in [3.05, 3.63) is 22.8 Å². The molecule has 0 radical (unpaired) electrons. The first kappa shape index (κ1) is 11.8. The predicted molar refractivity (Wildman–Crippen MR) is 65.5 cm³/mol. The van der Waals surface area contributed by atoms with Gasteiger partial charge in [0.1, 0.15) is 10.9 Å². The molecular weight excluding hydrogens is 234 g/mol. The highest BCUT2D eigenvalue weighted by molar-refractivity contribution is 7.15. The Morgan fingerprint density at radius 3 is 2.94 bits per heavy atom. The molecule has 4 nitrogen and oxygen atoms in total. The van der Waals surface area contributed by atoms with Crippen LogP contribution in [-0.2, 0) is 6.42 Å². The molecule has 0 bridgehead atoms. The molecule has 0 amide bonds. The Bertz CT molecular complexity index is 536. The first-order valence-electron chi connectivity index (χ1n) is 5.52. The minimum absolute atomic E-state index is 0.509. The molecule has 0 spiro atoms. The Labute approximate surface area is 104 Å². The summed E-state index contributed by atoms with van der Waals surface area (Å²) < 4.78 is 5.18. The van der Waals surface area contributed by atoms with E-state index in [9.17, 15) is 0 Å². The number of hydrogen-bond acceptors (Lipinski definition) is 5. The minimum atomic E-state index is 0.509. The first-order valence-corrected chi connectivity index (χ1v) is 6.33. The highest BCUT2D eigenvalue weighted by Crippen LogP contribution is 2.26. The molecule has 0 unspecified atom stereocenters. The van der Waals surface area contributed by atoms with E-state index in [1.165, 1.54) is 11.3 Å². The van der Waals surface area contributed by atoms with Gasteiger partial charge in [0.25, 0.3) is 5.89 Å². The summed E-state index contributed by atoms with van der Waals surface area (Å²) in [7, 11) is 0. The Morgan fingerprint density at radius 2 is 2.29 bits per heavy atom. The Hall–Kier alpha value is -1.67. The maximum absolute atomic E-state index is 8.74. The van der Waals surface area contributed by atoms with E-state index in [4.69, 9.17) is 9.78 Å². The molecule has 2 aromatic rings. The van der Waals surface area contributed by atoms with Gasteiger partial charge >= 0.3 is 0 Å². The number of thiophene rings is 1. The Balaban J connectivity index is 2.10. The van der Waals surface area contributed by atoms with Crippen LogP contribution in [0.15, 0.2) is 16.7 Å². The highest BCUT2D eigenvalue weighted by Gasteiger charge is 2.11. The Morgan fingerprint density at radius 1 is 1.47 bits per heavy atom. The van der Waals surface area contributed by atoms with E-state index in [1.807, 2.05) is 6.07 Å². The second-order valence-corrected chi connectivity index (χ2v) is 5.31. The lowest BCUT2D eigenvalue weighted by Gasteiger charge is -1.98. The lowest BCUT2D eigenvalue weighted by molar-refractivity contribution is 0.420. The molecule has 0 aliphatic carbocycles. The highest BCUT2D eigenvalue weighted by atomic mass is 32.1. The summed E-state index contributed by atoms with van der Waals surface area (Å²) in [6, 6.07) is 5.69. The van der Waals surface area contributed by atoms with E-state index in [2.05, 4.69) is 30.1 Å². The summed E-state index contributed by atoms with van der Waals surface area (Å²) in [5, 5.41) is 12.7. The molecule has 0 saturated carbocycles. The molecule has 0 saturated heterocycles. The lowest BCUT2D eigenvalue weighted by atomic mass is 10.1. The summed E-state index contributed by atoms with van der Waals surface area (Å²) in [5.74, 6) is 1.87. The van der Waals surface area contributed by atoms with E-state index in [0.717, 1.165) is 23.5 Å². The fraction of sp³-hybridized carbons (Fsp3) is 0.417. The molecule has 5 heteroatoms. The number of rotatable bonds is 4. The van der Waals surface area contributed by atoms with Gasteiger partial charge in [-0.3, -0.25) is 0 Å². The largest absolute Gasteiger partial charge is 0.333 e. The molecular formula is C12H13N3OS. The van der Waals surface area contributed by atoms with Gasteiger partial charge in [-0.15, -0.1) is 11.3 Å². The van der Waals surface area contributed by atoms with Crippen molar-refractivity contribution < 1.29 is 4.52 Å². The molecule has 0 N–H and O–H groups in total. The minimum Gasteiger partial charge on any atom is -0.333 e. The number of nitriles is 1. The molecule has 0 aliphatic rings. The number of aromatic nitrogens is 2. The molecule has 2 aromatic heterocycles. The van der Waals surface area contributed by atoms with Gasteiger partial charge in [0.15, 0.2) is 5.82 Å². The van der Waals surface area contributed by atoms with Crippen LogP contribution in [0.4, 0.5) is 0 Å². The third-order valence-electron chi connectivity index (χ3n) is 2.34. The Kier molecular flexibility index (Phi) is 3.55. The van der Waals surface area contributed by atoms with Crippen LogP contribution in [0.5, 0.6) is 0 Å². The SMILES string of the molecule is CC(C)CCc1noc(-c2ccc(C#N)s2)n1. The van der Waals surface area contributed by atoms with Crippen LogP contribution in [0.3, 0.4) is 0 Å². The van der Waals surface area contributed by atoms with Crippen LogP contribution >= 0.6 is 11.3 Å². The average Bonchev–Trinajstić information content (AvgIpc) is 2.94. The van der Waals surface area contributed by atoms with E-state index in [-0.39, 0.29) is 0 Å². The fourth-order valence-electron chi connectivity index (χ4n) is 1.39. The van der Waals surface area contributed by atoms with Crippen LogP contribution in [-0.4, -0.2) is 10.1 Å². The standard InChI is InChI=1S/C12H13N3OS/c1-8(2)3-6-11-14-12(16-15-11)10-5-4-9(7-13)17-10/h4-5,8H,3,6H2,1-2H3. The second kappa shape index (κ2) is 5.11. The summed E-state index contributed by atoms with van der Waals surface area (Å²) in [6.45, 7) is 4.33. The molecule has 88 valence electrons. The molecule has 0 aromatic carbocycles. The maximum atomic E-state index is 8.74. The molecule has 0 atom stereocenters. The molecule has 0 fully saturated rings. The van der Waals surface area contributed by atoms with Crippen LogP contribution < -0.4 is 0 Å². The second-order valence-electron chi connectivity index (χ2n) is 4.22. The quantitative estimate of drug-likeness (QED) is 0.831. The summed E-state index contributed by atoms with van der Waals surface area (Å²) in [5.41, 5.74) is 0. The lowest BCUT2D eigenvalue weighted by Crippen LogP contribution is -1.93. The van der Waals surface area contributed by atoms with Gasteiger partial charge in [-0.1, -0.05) is 19.0 Å². The summed E-state index contributed by atoms with van der Waals surface area (Å²) >= 11 is 1.37. The van der Waals surface area contributed by atoms with E-state index in [1.54, 1.807) is 6.07 Å². The van der Waals surface area contributed by atoms with Crippen molar-refractivity contribution in [3.63, 3.8) is 0 Å². The zero-order valence-electron chi connectivity index (χ0n) is 9.80. The van der Waals surface area contributed by atoms with Gasteiger partial charge in [0.2, 0.25) is 0 Å². The first-order chi connectivity index (χ1) is 8.19. The van der Waals surface area contributed by atoms with E-state index < -0.39 is 0 Å². The zero-order chi connectivity index (χ0) is 12.3. The van der Waals surface area contributed by atoms with Crippen LogP contribution in [0.1, 0.15) is 31.0 Å². The molecule has 2 heterocycles. The van der Waals surface area contributed by atoms with Crippen molar-refractivity contribution in [1.29, 1.82) is 5.26 Å². The third kappa shape index (κ3) is 2.92. The van der Waals surface area contributed by atoms with Gasteiger partial charge in [-0.25, -0.2) is 0 Å². The van der Waals surface area contributed by atoms with Gasteiger partial charge in [0.05, 0.1) is 4.88 Å². The van der Waals surface area contributed by atoms with Crippen molar-refractivity contribution in [2.45, 2.75) is 26.7 Å². The number of nitrogens with zero attached hydrogens (tertiary/aromatic N) is 3. The van der Waals surface area contributed by atoms with Crippen LogP contribution in [0.25, 0.3) is 10.8 Å². The third-order valence-corrected chi connectivity index (χ3v) is 3.32. The van der Waals surface area contributed by atoms with Crippen molar-refractivity contribution in [2.24, 2.45) is 5.92 Å². The van der Waals surface area contributed by atoms with Gasteiger partial charge in [-0.05, 0) is 24.5 Å². The van der Waals surface area contributed by atoms with Gasteiger partial charge < -0.3 is 4.52 Å². The van der Waals surface area contributed by atoms with Gasteiger partial charge in [0, 0.05) is 6.42 Å². The molecule has 2 rings (SSSR count). The maximum Gasteiger partial charge on any atom is 0.268 e. The number of hydrogen-bond donors (Lipinski definition) is 0. The van der Waals surface area contributed by atoms with Crippen LogP contribution in [0.2, 0.25) is 0 Å². The normalized spacial score (nSPS) is 10.7. The molecule has 17 heavy (non-hydrogen) atoms. The zero-order valence-corrected chi connectivity index (χ0v) is 10.6. The smallest absolute Gasteiger partial charge is 0.268 e. The summed E-state index contributed by atoms with van der Waals surface area (Å²) in [4.78, 5) is 5.83. The van der Waals surface area contributed by atoms with E-state index >= 15 is 0 Å². The topological polar surface area (TPSA) is 62.7 Å². The number of aryl methyl sites for hydroxylation is 1. The van der Waals surface area contributed by atoms with E-state index in [0.29, 0.717) is 16.7 Å². The average molecular weight is 247 g/mol. The van der Waals surface area contributed by atoms with Crippen molar-refractivity contribution in [3.8, 4) is 16.8 Å². The van der Waals surface area contributed by atoms with Crippen molar-refractivity contribution in [1.82, 2.24) is 10.1 Å². The summed E-state index contributed by atoms with van der Waals surface area (Å²) in [6.07, 6.45) is 1.88. The predicted octanol–water partition coefficient (Wildman–Crippen LogP) is 3.26. The van der Waals surface area contributed by atoms with Crippen molar-refractivity contribution in [2.75, 3.05) is 0 Å². The van der Waals surface area contributed by atoms with Gasteiger partial charge in [-0.2, -0.15) is 10.2 Å². The van der Waals surface area contributed by atoms with Crippen molar-refractivity contribution >= 4 is 11.3 Å². The fourth-order valence-corrected chi connectivity index (χ4v) is 2.11. The van der Waals surface area contributed by atoms with Crippen LogP contribution in [0, 0.1) is 17.2 Å². The molecule has 0 aliphatic heterocycles. The monoisotopic (exact) mass is 247 g/mol.